The Morgan fingerprint density at radius 2 is 1.86 bits per heavy atom. The van der Waals surface area contributed by atoms with Crippen LogP contribution in [0.1, 0.15) is 11.7 Å². The minimum Gasteiger partial charge on any atom is -0.384 e. The fourth-order valence-electron chi connectivity index (χ4n) is 1.12. The van der Waals surface area contributed by atoms with Crippen LogP contribution >= 0.6 is 11.8 Å². The molecule has 0 fully saturated rings. The molecule has 0 aliphatic rings. The molecule has 1 atom stereocenters. The third kappa shape index (κ3) is 2.50. The first kappa shape index (κ1) is 11.1. The molecule has 0 aromatic heterocycles. The normalized spacial score (nSPS) is 12.1. The number of thioether (sulfide) groups is 1. The highest BCUT2D eigenvalue weighted by atomic mass is 32.2. The lowest BCUT2D eigenvalue weighted by atomic mass is 10.0. The van der Waals surface area contributed by atoms with E-state index in [1.54, 1.807) is 0 Å². The smallest absolute Gasteiger partial charge is 0.105 e. The summed E-state index contributed by atoms with van der Waals surface area (Å²) in [7, 11) is 0. The van der Waals surface area contributed by atoms with Gasteiger partial charge in [-0.05, 0) is 17.4 Å². The van der Waals surface area contributed by atoms with Crippen LogP contribution in [0.5, 0.6) is 0 Å². The molecule has 0 amide bonds. The van der Waals surface area contributed by atoms with Gasteiger partial charge in [-0.2, -0.15) is 0 Å². The van der Waals surface area contributed by atoms with E-state index in [-0.39, 0.29) is 0 Å². The van der Waals surface area contributed by atoms with Gasteiger partial charge in [0.1, 0.15) is 6.10 Å². The van der Waals surface area contributed by atoms with E-state index >= 15 is 0 Å². The van der Waals surface area contributed by atoms with E-state index in [1.807, 2.05) is 36.6 Å². The topological polar surface area (TPSA) is 20.2 Å². The molecule has 0 radical (unpaired) electrons. The monoisotopic (exact) mass is 206 g/mol. The average molecular weight is 206 g/mol. The molecular weight excluding hydrogens is 192 g/mol. The van der Waals surface area contributed by atoms with Crippen LogP contribution in [-0.4, -0.2) is 11.4 Å². The highest BCUT2D eigenvalue weighted by Gasteiger charge is 2.12. The molecule has 1 aromatic carbocycles. The molecule has 0 aliphatic heterocycles. The van der Waals surface area contributed by atoms with Crippen LogP contribution in [0.4, 0.5) is 0 Å². The van der Waals surface area contributed by atoms with Crippen molar-refractivity contribution >= 4 is 11.8 Å². The number of benzene rings is 1. The fraction of sp³-hybridized carbons (Fsp3) is 0.167. The molecule has 1 N–H and O–H groups in total. The first-order chi connectivity index (χ1) is 6.66. The molecule has 1 aromatic rings. The van der Waals surface area contributed by atoms with Crippen LogP contribution in [0.25, 0.3) is 0 Å². The third-order valence-corrected chi connectivity index (χ3v) is 2.80. The van der Waals surface area contributed by atoms with Gasteiger partial charge in [0.2, 0.25) is 0 Å². The van der Waals surface area contributed by atoms with Crippen LogP contribution in [-0.2, 0) is 0 Å². The van der Waals surface area contributed by atoms with Gasteiger partial charge in [0.25, 0.3) is 0 Å². The zero-order valence-corrected chi connectivity index (χ0v) is 9.05. The van der Waals surface area contributed by atoms with Gasteiger partial charge in [-0.15, -0.1) is 11.8 Å². The van der Waals surface area contributed by atoms with Crippen LogP contribution in [0, 0.1) is 0 Å². The fourth-order valence-corrected chi connectivity index (χ4v) is 1.49. The van der Waals surface area contributed by atoms with Gasteiger partial charge in [-0.3, -0.25) is 0 Å². The zero-order chi connectivity index (χ0) is 10.6. The highest BCUT2D eigenvalue weighted by Crippen LogP contribution is 2.29. The second-order valence-corrected chi connectivity index (χ2v) is 3.87. The van der Waals surface area contributed by atoms with Crippen molar-refractivity contribution < 1.29 is 5.11 Å². The third-order valence-electron chi connectivity index (χ3n) is 2.05. The van der Waals surface area contributed by atoms with E-state index in [0.29, 0.717) is 5.57 Å². The first-order valence-electron chi connectivity index (χ1n) is 4.32. The number of rotatable bonds is 4. The van der Waals surface area contributed by atoms with Crippen LogP contribution < -0.4 is 0 Å². The number of hydrogen-bond acceptors (Lipinski definition) is 2. The van der Waals surface area contributed by atoms with Gasteiger partial charge < -0.3 is 5.11 Å². The van der Waals surface area contributed by atoms with Crippen molar-refractivity contribution in [3.05, 3.63) is 59.5 Å². The predicted octanol–water partition coefficient (Wildman–Crippen LogP) is 3.15. The summed E-state index contributed by atoms with van der Waals surface area (Å²) in [5.41, 5.74) is 1.52. The lowest BCUT2D eigenvalue weighted by Gasteiger charge is -2.14. The predicted molar refractivity (Wildman–Crippen MR) is 63.2 cm³/mol. The highest BCUT2D eigenvalue weighted by molar-refractivity contribution is 8.02. The Balaban J connectivity index is 2.81. The van der Waals surface area contributed by atoms with E-state index in [4.69, 9.17) is 0 Å². The van der Waals surface area contributed by atoms with E-state index < -0.39 is 6.10 Å². The Hall–Kier alpha value is -0.990. The van der Waals surface area contributed by atoms with E-state index in [2.05, 4.69) is 13.2 Å². The van der Waals surface area contributed by atoms with Crippen molar-refractivity contribution in [2.24, 2.45) is 0 Å². The molecule has 0 spiro atoms. The van der Waals surface area contributed by atoms with Crippen molar-refractivity contribution in [1.82, 2.24) is 0 Å². The van der Waals surface area contributed by atoms with Gasteiger partial charge in [0.05, 0.1) is 0 Å². The van der Waals surface area contributed by atoms with Crippen molar-refractivity contribution in [1.29, 1.82) is 0 Å². The minimum absolute atomic E-state index is 0.642. The summed E-state index contributed by atoms with van der Waals surface area (Å²) in [6.45, 7) is 7.65. The Bertz CT molecular complexity index is 329. The maximum atomic E-state index is 9.92. The van der Waals surface area contributed by atoms with Crippen LogP contribution in [0.3, 0.4) is 0 Å². The molecular formula is C12H14OS. The summed E-state index contributed by atoms with van der Waals surface area (Å²) in [6, 6.07) is 9.47. The van der Waals surface area contributed by atoms with Crippen molar-refractivity contribution in [2.75, 3.05) is 6.26 Å². The largest absolute Gasteiger partial charge is 0.384 e. The molecule has 0 aliphatic carbocycles. The van der Waals surface area contributed by atoms with E-state index in [0.717, 1.165) is 10.5 Å². The maximum absolute atomic E-state index is 9.92. The second-order valence-electron chi connectivity index (χ2n) is 2.97. The molecule has 2 heteroatoms. The summed E-state index contributed by atoms with van der Waals surface area (Å²) >= 11 is 1.50. The van der Waals surface area contributed by atoms with Gasteiger partial charge in [-0.1, -0.05) is 43.5 Å². The Morgan fingerprint density at radius 3 is 2.36 bits per heavy atom. The quantitative estimate of drug-likeness (QED) is 0.764. The van der Waals surface area contributed by atoms with Gasteiger partial charge in [-0.25, -0.2) is 0 Å². The molecule has 1 rings (SSSR count). The van der Waals surface area contributed by atoms with E-state index in [9.17, 15) is 5.11 Å². The summed E-state index contributed by atoms with van der Waals surface area (Å²) < 4.78 is 0. The van der Waals surface area contributed by atoms with E-state index in [1.165, 1.54) is 11.8 Å². The Labute approximate surface area is 89.2 Å². The zero-order valence-electron chi connectivity index (χ0n) is 8.23. The lowest BCUT2D eigenvalue weighted by Crippen LogP contribution is -2.00. The maximum Gasteiger partial charge on any atom is 0.105 e. The standard InChI is InChI=1S/C12H14OS/c1-9(10(2)14-3)12(13)11-7-5-4-6-8-11/h4-8,12-13H,1-2H2,3H3. The van der Waals surface area contributed by atoms with Crippen LogP contribution in [0.2, 0.25) is 0 Å². The summed E-state index contributed by atoms with van der Waals surface area (Å²) in [4.78, 5) is 0.821. The van der Waals surface area contributed by atoms with Crippen molar-refractivity contribution in [3.8, 4) is 0 Å². The Morgan fingerprint density at radius 1 is 1.29 bits per heavy atom. The molecule has 1 unspecified atom stereocenters. The second kappa shape index (κ2) is 5.03. The Kier molecular flexibility index (Phi) is 3.98. The number of hydrogen-bond donors (Lipinski definition) is 1. The molecule has 14 heavy (non-hydrogen) atoms. The van der Waals surface area contributed by atoms with Crippen molar-refractivity contribution in [2.45, 2.75) is 6.10 Å². The molecule has 0 bridgehead atoms. The molecule has 1 nitrogen and oxygen atoms in total. The molecule has 74 valence electrons. The number of aliphatic hydroxyl groups is 1. The lowest BCUT2D eigenvalue weighted by molar-refractivity contribution is 0.219. The van der Waals surface area contributed by atoms with Crippen molar-refractivity contribution in [3.63, 3.8) is 0 Å². The van der Waals surface area contributed by atoms with Gasteiger partial charge >= 0.3 is 0 Å². The van der Waals surface area contributed by atoms with Gasteiger partial charge in [0.15, 0.2) is 0 Å². The SMILES string of the molecule is C=C(SC)C(=C)C(O)c1ccccc1. The average Bonchev–Trinajstić information content (AvgIpc) is 2.27. The minimum atomic E-state index is -0.642. The van der Waals surface area contributed by atoms with Crippen LogP contribution in [0.15, 0.2) is 54.0 Å². The molecule has 0 saturated heterocycles. The summed E-state index contributed by atoms with van der Waals surface area (Å²) in [5, 5.41) is 9.92. The first-order valence-corrected chi connectivity index (χ1v) is 5.54. The molecule has 0 heterocycles. The van der Waals surface area contributed by atoms with Gasteiger partial charge in [0, 0.05) is 4.91 Å². The summed E-state index contributed by atoms with van der Waals surface area (Å²) in [5.74, 6) is 0. The summed E-state index contributed by atoms with van der Waals surface area (Å²) in [6.07, 6.45) is 1.28. The molecule has 0 saturated carbocycles. The number of aliphatic hydroxyl groups excluding tert-OH is 1.